The van der Waals surface area contributed by atoms with Gasteiger partial charge in [-0.3, -0.25) is 10.2 Å². The number of Topliss-reactive ketones (excluding diaryl/α,β-unsaturated/α-hetero) is 1. The summed E-state index contributed by atoms with van der Waals surface area (Å²) in [4.78, 5) is 11.0. The fraction of sp³-hybridized carbons (Fsp3) is 0. The average molecular weight is 245 g/mol. The van der Waals surface area contributed by atoms with Crippen molar-refractivity contribution in [1.82, 2.24) is 0 Å². The highest BCUT2D eigenvalue weighted by atomic mass is 35.5. The molecule has 0 amide bonds. The minimum atomic E-state index is -0.649. The number of allylic oxidation sites excluding steroid dienone is 4. The fourth-order valence-electron chi connectivity index (χ4n) is 0.612. The predicted molar refractivity (Wildman–Crippen MR) is 50.2 cm³/mol. The van der Waals surface area contributed by atoms with E-state index in [1.165, 1.54) is 0 Å². The van der Waals surface area contributed by atoms with Crippen molar-refractivity contribution in [1.29, 1.82) is 5.41 Å². The van der Waals surface area contributed by atoms with Crippen LogP contribution in [0.25, 0.3) is 0 Å². The van der Waals surface area contributed by atoms with Gasteiger partial charge in [0.05, 0.1) is 15.8 Å². The summed E-state index contributed by atoms with van der Waals surface area (Å²) in [5, 5.41) is 6.38. The number of ketones is 1. The highest BCUT2D eigenvalue weighted by Crippen LogP contribution is 2.32. The molecule has 0 aliphatic heterocycles. The van der Waals surface area contributed by atoms with E-state index in [9.17, 15) is 4.79 Å². The molecule has 1 aliphatic rings. The molecule has 12 heavy (non-hydrogen) atoms. The van der Waals surface area contributed by atoms with Crippen LogP contribution in [-0.2, 0) is 4.79 Å². The van der Waals surface area contributed by atoms with Gasteiger partial charge in [0.1, 0.15) is 10.1 Å². The lowest BCUT2D eigenvalue weighted by Gasteiger charge is -2.11. The standard InChI is InChI=1S/C6HCl4NO/c7-1-3(9)6(12)4(10)2(8)5(1)11/h11H. The molecule has 64 valence electrons. The zero-order chi connectivity index (χ0) is 9.46. The van der Waals surface area contributed by atoms with Crippen molar-refractivity contribution in [2.24, 2.45) is 0 Å². The molecule has 0 aromatic rings. The van der Waals surface area contributed by atoms with E-state index in [1.807, 2.05) is 0 Å². The van der Waals surface area contributed by atoms with Crippen LogP contribution in [0.3, 0.4) is 0 Å². The molecule has 2 nitrogen and oxygen atoms in total. The van der Waals surface area contributed by atoms with Gasteiger partial charge in [0.2, 0.25) is 5.78 Å². The van der Waals surface area contributed by atoms with Crippen LogP contribution in [0.2, 0.25) is 0 Å². The molecule has 0 atom stereocenters. The summed E-state index contributed by atoms with van der Waals surface area (Å²) in [5.74, 6) is -0.649. The van der Waals surface area contributed by atoms with Crippen molar-refractivity contribution in [2.45, 2.75) is 0 Å². The lowest BCUT2D eigenvalue weighted by molar-refractivity contribution is -0.111. The Morgan fingerprint density at radius 2 is 1.17 bits per heavy atom. The van der Waals surface area contributed by atoms with E-state index < -0.39 is 5.78 Å². The van der Waals surface area contributed by atoms with Crippen LogP contribution in [0.1, 0.15) is 0 Å². The number of carbonyl (C=O) groups excluding carboxylic acids is 1. The van der Waals surface area contributed by atoms with E-state index in [0.29, 0.717) is 0 Å². The van der Waals surface area contributed by atoms with E-state index in [2.05, 4.69) is 0 Å². The Kier molecular flexibility index (Phi) is 2.84. The van der Waals surface area contributed by atoms with E-state index in [-0.39, 0.29) is 25.8 Å². The molecule has 0 saturated carbocycles. The third-order valence-electron chi connectivity index (χ3n) is 1.22. The predicted octanol–water partition coefficient (Wildman–Crippen LogP) is 2.97. The summed E-state index contributed by atoms with van der Waals surface area (Å²) in [6, 6.07) is 0. The zero-order valence-electron chi connectivity index (χ0n) is 5.42. The summed E-state index contributed by atoms with van der Waals surface area (Å²) in [6.07, 6.45) is 0. The minimum Gasteiger partial charge on any atom is -0.298 e. The van der Waals surface area contributed by atoms with Gasteiger partial charge in [-0.2, -0.15) is 0 Å². The number of halogens is 4. The van der Waals surface area contributed by atoms with Gasteiger partial charge in [-0.25, -0.2) is 0 Å². The van der Waals surface area contributed by atoms with E-state index >= 15 is 0 Å². The highest BCUT2D eigenvalue weighted by molar-refractivity contribution is 6.69. The molecule has 0 fully saturated rings. The number of hydrogen-bond donors (Lipinski definition) is 1. The first-order chi connectivity index (χ1) is 5.46. The maximum Gasteiger partial charge on any atom is 0.218 e. The topological polar surface area (TPSA) is 40.9 Å². The second kappa shape index (κ2) is 3.38. The van der Waals surface area contributed by atoms with Crippen molar-refractivity contribution in [3.63, 3.8) is 0 Å². The highest BCUT2D eigenvalue weighted by Gasteiger charge is 2.28. The summed E-state index contributed by atoms with van der Waals surface area (Å²) in [7, 11) is 0. The largest absolute Gasteiger partial charge is 0.298 e. The molecule has 0 aromatic carbocycles. The Hall–Kier alpha value is -0.0200. The second-order valence-electron chi connectivity index (χ2n) is 1.96. The Bertz CT molecular complexity index is 279. The molecule has 1 aliphatic carbocycles. The van der Waals surface area contributed by atoms with Gasteiger partial charge in [-0.1, -0.05) is 46.4 Å². The third kappa shape index (κ3) is 1.40. The number of carbonyl (C=O) groups is 1. The first-order valence-electron chi connectivity index (χ1n) is 2.71. The van der Waals surface area contributed by atoms with Crippen molar-refractivity contribution in [3.8, 4) is 0 Å². The van der Waals surface area contributed by atoms with Crippen molar-refractivity contribution >= 4 is 57.9 Å². The Labute approximate surface area is 88.2 Å². The number of rotatable bonds is 0. The van der Waals surface area contributed by atoms with Crippen molar-refractivity contribution in [2.75, 3.05) is 0 Å². The molecule has 0 radical (unpaired) electrons. The monoisotopic (exact) mass is 243 g/mol. The Balaban J connectivity index is 3.32. The second-order valence-corrected chi connectivity index (χ2v) is 3.47. The smallest absolute Gasteiger partial charge is 0.218 e. The maximum atomic E-state index is 11.0. The van der Waals surface area contributed by atoms with Crippen LogP contribution in [0.5, 0.6) is 0 Å². The summed E-state index contributed by atoms with van der Waals surface area (Å²) in [6.45, 7) is 0. The average Bonchev–Trinajstić information content (AvgIpc) is 2.08. The summed E-state index contributed by atoms with van der Waals surface area (Å²) >= 11 is 21.9. The van der Waals surface area contributed by atoms with Gasteiger partial charge >= 0.3 is 0 Å². The van der Waals surface area contributed by atoms with E-state index in [0.717, 1.165) is 0 Å². The van der Waals surface area contributed by atoms with E-state index in [1.54, 1.807) is 0 Å². The molecule has 0 aromatic heterocycles. The van der Waals surface area contributed by atoms with Crippen molar-refractivity contribution in [3.05, 3.63) is 20.1 Å². The first-order valence-corrected chi connectivity index (χ1v) is 4.22. The van der Waals surface area contributed by atoms with Gasteiger partial charge in [-0.05, 0) is 0 Å². The molecule has 0 saturated heterocycles. The Morgan fingerprint density at radius 3 is 1.50 bits per heavy atom. The number of nitrogens with one attached hydrogen (secondary N) is 1. The third-order valence-corrected chi connectivity index (χ3v) is 2.89. The van der Waals surface area contributed by atoms with Crippen LogP contribution in [0.4, 0.5) is 0 Å². The fourth-order valence-corrected chi connectivity index (χ4v) is 1.45. The zero-order valence-corrected chi connectivity index (χ0v) is 8.44. The molecule has 0 heterocycles. The maximum absolute atomic E-state index is 11.0. The normalized spacial score (nSPS) is 19.3. The van der Waals surface area contributed by atoms with Crippen LogP contribution in [0.15, 0.2) is 20.1 Å². The van der Waals surface area contributed by atoms with Crippen LogP contribution in [0, 0.1) is 5.41 Å². The summed E-state index contributed by atoms with van der Waals surface area (Å²) < 4.78 is 0. The minimum absolute atomic E-state index is 0.170. The lowest BCUT2D eigenvalue weighted by Crippen LogP contribution is -2.14. The Morgan fingerprint density at radius 1 is 0.833 bits per heavy atom. The molecular weight excluding hydrogens is 244 g/mol. The number of hydrogen-bond acceptors (Lipinski definition) is 2. The summed E-state index contributed by atoms with van der Waals surface area (Å²) in [5.41, 5.74) is -0.229. The van der Waals surface area contributed by atoms with Gasteiger partial charge in [0.25, 0.3) is 0 Å². The molecule has 1 N–H and O–H groups in total. The first kappa shape index (κ1) is 10.1. The van der Waals surface area contributed by atoms with Gasteiger partial charge in [0.15, 0.2) is 0 Å². The SMILES string of the molecule is N=C1C(Cl)=C(Cl)C(=O)C(Cl)=C1Cl. The quantitative estimate of drug-likeness (QED) is 0.654. The molecule has 1 rings (SSSR count). The van der Waals surface area contributed by atoms with Crippen LogP contribution in [-0.4, -0.2) is 11.5 Å². The van der Waals surface area contributed by atoms with Gasteiger partial charge in [0, 0.05) is 0 Å². The molecule has 0 unspecified atom stereocenters. The van der Waals surface area contributed by atoms with Gasteiger partial charge in [-0.15, -0.1) is 0 Å². The molecule has 0 spiro atoms. The van der Waals surface area contributed by atoms with Crippen molar-refractivity contribution < 1.29 is 4.79 Å². The molecule has 6 heteroatoms. The van der Waals surface area contributed by atoms with Crippen LogP contribution < -0.4 is 0 Å². The van der Waals surface area contributed by atoms with E-state index in [4.69, 9.17) is 51.8 Å². The van der Waals surface area contributed by atoms with Crippen LogP contribution >= 0.6 is 46.4 Å². The molecular formula is C6HCl4NO. The van der Waals surface area contributed by atoms with Gasteiger partial charge < -0.3 is 0 Å². The molecule has 0 bridgehead atoms. The lowest BCUT2D eigenvalue weighted by atomic mass is 10.1.